The predicted octanol–water partition coefficient (Wildman–Crippen LogP) is 0.345. The Balaban J connectivity index is 2.20. The van der Waals surface area contributed by atoms with Crippen LogP contribution < -0.4 is 10.6 Å². The van der Waals surface area contributed by atoms with Gasteiger partial charge in [0, 0.05) is 6.04 Å². The van der Waals surface area contributed by atoms with Gasteiger partial charge in [0.05, 0.1) is 6.10 Å². The summed E-state index contributed by atoms with van der Waals surface area (Å²) < 4.78 is 0. The van der Waals surface area contributed by atoms with Crippen LogP contribution in [0.15, 0.2) is 0 Å². The molecule has 1 rings (SSSR count). The highest BCUT2D eigenvalue weighted by Crippen LogP contribution is 2.20. The van der Waals surface area contributed by atoms with Gasteiger partial charge in [-0.15, -0.1) is 0 Å². The van der Waals surface area contributed by atoms with E-state index in [9.17, 15) is 5.11 Å². The van der Waals surface area contributed by atoms with Crippen LogP contribution in [-0.4, -0.2) is 37.4 Å². The molecule has 3 nitrogen and oxygen atoms in total. The van der Waals surface area contributed by atoms with Gasteiger partial charge in [0.25, 0.3) is 0 Å². The van der Waals surface area contributed by atoms with Crippen LogP contribution in [0.5, 0.6) is 0 Å². The van der Waals surface area contributed by atoms with Gasteiger partial charge < -0.3 is 15.7 Å². The Morgan fingerprint density at radius 3 is 2.92 bits per heavy atom. The monoisotopic (exact) mass is 186 g/mol. The summed E-state index contributed by atoms with van der Waals surface area (Å²) in [6.07, 6.45) is 3.04. The third-order valence-corrected chi connectivity index (χ3v) is 2.99. The van der Waals surface area contributed by atoms with E-state index < -0.39 is 0 Å². The normalized spacial score (nSPS) is 30.7. The fourth-order valence-corrected chi connectivity index (χ4v) is 1.94. The summed E-state index contributed by atoms with van der Waals surface area (Å²) in [6, 6.07) is 0.332. The van der Waals surface area contributed by atoms with Crippen LogP contribution in [0.2, 0.25) is 0 Å². The highest BCUT2D eigenvalue weighted by Gasteiger charge is 2.27. The van der Waals surface area contributed by atoms with Crippen LogP contribution >= 0.6 is 0 Å². The molecule has 0 amide bonds. The minimum atomic E-state index is -0.177. The molecular formula is C10H22N2O. The molecule has 0 aromatic heterocycles. The first-order chi connectivity index (χ1) is 6.27. The van der Waals surface area contributed by atoms with Crippen LogP contribution in [0, 0.1) is 5.92 Å². The third-order valence-electron chi connectivity index (χ3n) is 2.99. The summed E-state index contributed by atoms with van der Waals surface area (Å²) in [7, 11) is 1.92. The highest BCUT2D eigenvalue weighted by molar-refractivity contribution is 4.86. The standard InChI is InChI=1S/C10H22N2O/c1-3-8-6-9(12-7-8)10(13)4-5-11-2/h8-13H,3-7H2,1-2H3/t8-,9-,10+/m0/s1. The van der Waals surface area contributed by atoms with Gasteiger partial charge >= 0.3 is 0 Å². The van der Waals surface area contributed by atoms with Crippen molar-refractivity contribution in [3.05, 3.63) is 0 Å². The van der Waals surface area contributed by atoms with E-state index in [2.05, 4.69) is 17.6 Å². The molecule has 1 heterocycles. The Hall–Kier alpha value is -0.120. The van der Waals surface area contributed by atoms with E-state index in [1.807, 2.05) is 7.05 Å². The largest absolute Gasteiger partial charge is 0.391 e. The molecule has 78 valence electrons. The lowest BCUT2D eigenvalue weighted by molar-refractivity contribution is 0.125. The van der Waals surface area contributed by atoms with Crippen molar-refractivity contribution >= 4 is 0 Å². The minimum absolute atomic E-state index is 0.177. The Bertz CT molecular complexity index is 141. The molecule has 1 aliphatic heterocycles. The fourth-order valence-electron chi connectivity index (χ4n) is 1.94. The summed E-state index contributed by atoms with van der Waals surface area (Å²) in [6.45, 7) is 4.20. The van der Waals surface area contributed by atoms with Crippen molar-refractivity contribution in [2.75, 3.05) is 20.1 Å². The molecular weight excluding hydrogens is 164 g/mol. The van der Waals surface area contributed by atoms with Crippen molar-refractivity contribution in [2.24, 2.45) is 5.92 Å². The van der Waals surface area contributed by atoms with Crippen molar-refractivity contribution in [3.63, 3.8) is 0 Å². The van der Waals surface area contributed by atoms with Gasteiger partial charge in [-0.2, -0.15) is 0 Å². The van der Waals surface area contributed by atoms with Gasteiger partial charge in [-0.1, -0.05) is 13.3 Å². The Morgan fingerprint density at radius 2 is 2.38 bits per heavy atom. The maximum absolute atomic E-state index is 9.79. The molecule has 0 radical (unpaired) electrons. The first-order valence-electron chi connectivity index (χ1n) is 5.34. The molecule has 0 aromatic rings. The van der Waals surface area contributed by atoms with E-state index in [-0.39, 0.29) is 6.10 Å². The molecule has 13 heavy (non-hydrogen) atoms. The second-order valence-corrected chi connectivity index (χ2v) is 3.98. The maximum atomic E-state index is 9.79. The van der Waals surface area contributed by atoms with E-state index in [0.29, 0.717) is 6.04 Å². The van der Waals surface area contributed by atoms with E-state index in [4.69, 9.17) is 0 Å². The smallest absolute Gasteiger partial charge is 0.0705 e. The lowest BCUT2D eigenvalue weighted by atomic mass is 9.99. The van der Waals surface area contributed by atoms with Crippen LogP contribution in [0.1, 0.15) is 26.2 Å². The Labute approximate surface area is 80.9 Å². The molecule has 0 aliphatic carbocycles. The number of hydrogen-bond donors (Lipinski definition) is 3. The molecule has 3 atom stereocenters. The van der Waals surface area contributed by atoms with Gasteiger partial charge in [0.2, 0.25) is 0 Å². The minimum Gasteiger partial charge on any atom is -0.391 e. The third kappa shape index (κ3) is 3.25. The first kappa shape index (κ1) is 11.0. The number of rotatable bonds is 5. The molecule has 0 spiro atoms. The summed E-state index contributed by atoms with van der Waals surface area (Å²) >= 11 is 0. The van der Waals surface area contributed by atoms with Crippen LogP contribution in [0.25, 0.3) is 0 Å². The Kier molecular flexibility index (Phi) is 4.70. The predicted molar refractivity (Wildman–Crippen MR) is 54.7 cm³/mol. The molecule has 0 saturated carbocycles. The van der Waals surface area contributed by atoms with Gasteiger partial charge in [0.1, 0.15) is 0 Å². The average molecular weight is 186 g/mol. The first-order valence-corrected chi connectivity index (χ1v) is 5.34. The summed E-state index contributed by atoms with van der Waals surface area (Å²) in [5.74, 6) is 0.772. The summed E-state index contributed by atoms with van der Waals surface area (Å²) in [5.41, 5.74) is 0. The van der Waals surface area contributed by atoms with Crippen molar-refractivity contribution in [1.29, 1.82) is 0 Å². The number of nitrogens with one attached hydrogen (secondary N) is 2. The van der Waals surface area contributed by atoms with Crippen molar-refractivity contribution in [1.82, 2.24) is 10.6 Å². The molecule has 0 aromatic carbocycles. The zero-order valence-electron chi connectivity index (χ0n) is 8.71. The van der Waals surface area contributed by atoms with Crippen LogP contribution in [0.4, 0.5) is 0 Å². The van der Waals surface area contributed by atoms with E-state index in [1.54, 1.807) is 0 Å². The lowest BCUT2D eigenvalue weighted by Crippen LogP contribution is -2.36. The van der Waals surface area contributed by atoms with E-state index >= 15 is 0 Å². The lowest BCUT2D eigenvalue weighted by Gasteiger charge is -2.18. The van der Waals surface area contributed by atoms with Gasteiger partial charge in [0.15, 0.2) is 0 Å². The van der Waals surface area contributed by atoms with Gasteiger partial charge in [-0.25, -0.2) is 0 Å². The SMILES string of the molecule is CC[C@@H]1CN[C@H]([C@H](O)CCNC)C1. The fraction of sp³-hybridized carbons (Fsp3) is 1.00. The van der Waals surface area contributed by atoms with Gasteiger partial charge in [-0.05, 0) is 38.9 Å². The molecule has 3 heteroatoms. The number of hydrogen-bond acceptors (Lipinski definition) is 3. The Morgan fingerprint density at radius 1 is 1.62 bits per heavy atom. The molecule has 1 fully saturated rings. The highest BCUT2D eigenvalue weighted by atomic mass is 16.3. The summed E-state index contributed by atoms with van der Waals surface area (Å²) in [5, 5.41) is 16.2. The topological polar surface area (TPSA) is 44.3 Å². The van der Waals surface area contributed by atoms with E-state index in [1.165, 1.54) is 6.42 Å². The molecule has 1 aliphatic rings. The van der Waals surface area contributed by atoms with Crippen LogP contribution in [-0.2, 0) is 0 Å². The molecule has 0 unspecified atom stereocenters. The van der Waals surface area contributed by atoms with Crippen molar-refractivity contribution < 1.29 is 5.11 Å². The van der Waals surface area contributed by atoms with Crippen molar-refractivity contribution in [2.45, 2.75) is 38.3 Å². The molecule has 0 bridgehead atoms. The van der Waals surface area contributed by atoms with Crippen molar-refractivity contribution in [3.8, 4) is 0 Å². The zero-order valence-corrected chi connectivity index (χ0v) is 8.71. The second-order valence-electron chi connectivity index (χ2n) is 3.98. The zero-order chi connectivity index (χ0) is 9.68. The molecule has 3 N–H and O–H groups in total. The number of aliphatic hydroxyl groups is 1. The maximum Gasteiger partial charge on any atom is 0.0705 e. The summed E-state index contributed by atoms with van der Waals surface area (Å²) in [4.78, 5) is 0. The van der Waals surface area contributed by atoms with E-state index in [0.717, 1.165) is 31.8 Å². The van der Waals surface area contributed by atoms with Crippen LogP contribution in [0.3, 0.4) is 0 Å². The number of aliphatic hydroxyl groups excluding tert-OH is 1. The second kappa shape index (κ2) is 5.58. The average Bonchev–Trinajstić information content (AvgIpc) is 2.62. The molecule has 1 saturated heterocycles. The van der Waals surface area contributed by atoms with Gasteiger partial charge in [-0.3, -0.25) is 0 Å². The quantitative estimate of drug-likeness (QED) is 0.580.